The molecule has 0 bridgehead atoms. The molecule has 2 aromatic heterocycles. The Bertz CT molecular complexity index is 399. The lowest BCUT2D eigenvalue weighted by Crippen LogP contribution is -1.99. The molecule has 0 radical (unpaired) electrons. The van der Waals surface area contributed by atoms with E-state index in [9.17, 15) is 5.11 Å². The van der Waals surface area contributed by atoms with Gasteiger partial charge in [-0.3, -0.25) is 5.10 Å². The van der Waals surface area contributed by atoms with Gasteiger partial charge >= 0.3 is 0 Å². The molecule has 0 saturated heterocycles. The highest BCUT2D eigenvalue weighted by Gasteiger charge is 2.10. The van der Waals surface area contributed by atoms with Crippen LogP contribution in [0.4, 0.5) is 0 Å². The zero-order valence-corrected chi connectivity index (χ0v) is 8.85. The molecule has 0 fully saturated rings. The second-order valence-corrected chi connectivity index (χ2v) is 4.55. The molecule has 0 aromatic carbocycles. The van der Waals surface area contributed by atoms with Gasteiger partial charge in [0.1, 0.15) is 0 Å². The molecule has 1 atom stereocenters. The Kier molecular flexibility index (Phi) is 2.86. The van der Waals surface area contributed by atoms with Crippen LogP contribution in [0, 0.1) is 0 Å². The molecule has 14 heavy (non-hydrogen) atoms. The molecule has 1 unspecified atom stereocenters. The van der Waals surface area contributed by atoms with Crippen molar-refractivity contribution >= 4 is 22.9 Å². The van der Waals surface area contributed by atoms with E-state index in [1.165, 1.54) is 11.3 Å². The van der Waals surface area contributed by atoms with E-state index in [1.54, 1.807) is 12.4 Å². The maximum atomic E-state index is 9.77. The first-order valence-corrected chi connectivity index (χ1v) is 5.41. The van der Waals surface area contributed by atoms with Crippen LogP contribution in [-0.2, 0) is 6.42 Å². The summed E-state index contributed by atoms with van der Waals surface area (Å²) in [6.45, 7) is 0. The summed E-state index contributed by atoms with van der Waals surface area (Å²) < 4.78 is 0.749. The van der Waals surface area contributed by atoms with E-state index in [0.29, 0.717) is 6.42 Å². The minimum atomic E-state index is -0.514. The summed E-state index contributed by atoms with van der Waals surface area (Å²) in [4.78, 5) is 0. The SMILES string of the molecule is OC(Cc1csc(Cl)c1)c1cn[nH]c1. The Morgan fingerprint density at radius 2 is 2.50 bits per heavy atom. The van der Waals surface area contributed by atoms with Crippen LogP contribution in [0.5, 0.6) is 0 Å². The number of nitrogens with one attached hydrogen (secondary N) is 1. The Morgan fingerprint density at radius 3 is 3.07 bits per heavy atom. The summed E-state index contributed by atoms with van der Waals surface area (Å²) >= 11 is 7.26. The number of nitrogens with zero attached hydrogens (tertiary/aromatic N) is 1. The van der Waals surface area contributed by atoms with Gasteiger partial charge in [0.15, 0.2) is 0 Å². The number of aliphatic hydroxyl groups is 1. The number of aromatic amines is 1. The largest absolute Gasteiger partial charge is 0.388 e. The predicted molar refractivity (Wildman–Crippen MR) is 56.6 cm³/mol. The van der Waals surface area contributed by atoms with Gasteiger partial charge in [0.05, 0.1) is 16.6 Å². The van der Waals surface area contributed by atoms with E-state index < -0.39 is 6.10 Å². The topological polar surface area (TPSA) is 48.9 Å². The molecule has 0 aliphatic rings. The van der Waals surface area contributed by atoms with Crippen LogP contribution >= 0.6 is 22.9 Å². The number of hydrogen-bond acceptors (Lipinski definition) is 3. The maximum Gasteiger partial charge on any atom is 0.0931 e. The first kappa shape index (κ1) is 9.71. The minimum Gasteiger partial charge on any atom is -0.388 e. The summed E-state index contributed by atoms with van der Waals surface area (Å²) in [5.41, 5.74) is 1.85. The second-order valence-electron chi connectivity index (χ2n) is 3.01. The molecule has 0 amide bonds. The Morgan fingerprint density at radius 1 is 1.64 bits per heavy atom. The van der Waals surface area contributed by atoms with Gasteiger partial charge in [0.25, 0.3) is 0 Å². The van der Waals surface area contributed by atoms with Crippen LogP contribution in [0.3, 0.4) is 0 Å². The third kappa shape index (κ3) is 2.15. The molecule has 5 heteroatoms. The van der Waals surface area contributed by atoms with Gasteiger partial charge in [-0.2, -0.15) is 5.10 Å². The van der Waals surface area contributed by atoms with Crippen molar-refractivity contribution in [3.05, 3.63) is 39.3 Å². The average molecular weight is 229 g/mol. The lowest BCUT2D eigenvalue weighted by Gasteiger charge is -2.05. The predicted octanol–water partition coefficient (Wildman–Crippen LogP) is 2.40. The van der Waals surface area contributed by atoms with Gasteiger partial charge in [-0.25, -0.2) is 0 Å². The minimum absolute atomic E-state index is 0.514. The third-order valence-corrected chi connectivity index (χ3v) is 3.09. The first-order chi connectivity index (χ1) is 6.75. The lowest BCUT2D eigenvalue weighted by atomic mass is 10.1. The van der Waals surface area contributed by atoms with Crippen molar-refractivity contribution in [3.8, 4) is 0 Å². The van der Waals surface area contributed by atoms with Gasteiger partial charge in [0, 0.05) is 18.2 Å². The number of H-pyrrole nitrogens is 1. The molecule has 0 saturated carbocycles. The molecule has 2 N–H and O–H groups in total. The number of rotatable bonds is 3. The smallest absolute Gasteiger partial charge is 0.0931 e. The average Bonchev–Trinajstić information content (AvgIpc) is 2.75. The third-order valence-electron chi connectivity index (χ3n) is 1.95. The van der Waals surface area contributed by atoms with Crippen molar-refractivity contribution in [2.45, 2.75) is 12.5 Å². The highest BCUT2D eigenvalue weighted by molar-refractivity contribution is 7.14. The monoisotopic (exact) mass is 228 g/mol. The van der Waals surface area contributed by atoms with Crippen LogP contribution in [0.2, 0.25) is 4.34 Å². The van der Waals surface area contributed by atoms with Crippen LogP contribution in [0.25, 0.3) is 0 Å². The van der Waals surface area contributed by atoms with Gasteiger partial charge < -0.3 is 5.11 Å². The van der Waals surface area contributed by atoms with Gasteiger partial charge in [0.2, 0.25) is 0 Å². The summed E-state index contributed by atoms with van der Waals surface area (Å²) in [5.74, 6) is 0. The van der Waals surface area contributed by atoms with Gasteiger partial charge in [-0.15, -0.1) is 11.3 Å². The number of aliphatic hydroxyl groups excluding tert-OH is 1. The van der Waals surface area contributed by atoms with Crippen molar-refractivity contribution in [1.29, 1.82) is 0 Å². The molecule has 2 rings (SSSR count). The Labute approximate surface area is 90.4 Å². The van der Waals surface area contributed by atoms with Gasteiger partial charge in [-0.05, 0) is 17.0 Å². The zero-order valence-electron chi connectivity index (χ0n) is 7.27. The molecule has 0 aliphatic heterocycles. The van der Waals surface area contributed by atoms with E-state index in [0.717, 1.165) is 15.5 Å². The molecule has 3 nitrogen and oxygen atoms in total. The maximum absolute atomic E-state index is 9.77. The van der Waals surface area contributed by atoms with E-state index >= 15 is 0 Å². The summed E-state index contributed by atoms with van der Waals surface area (Å²) in [6.07, 6.45) is 3.37. The summed E-state index contributed by atoms with van der Waals surface area (Å²) in [5, 5.41) is 18.2. The standard InChI is InChI=1S/C9H9ClN2OS/c10-9-2-6(5-14-9)1-8(13)7-3-11-12-4-7/h2-5,8,13H,1H2,(H,11,12). The normalized spacial score (nSPS) is 13.0. The number of halogens is 1. The van der Waals surface area contributed by atoms with E-state index in [2.05, 4.69) is 10.2 Å². The van der Waals surface area contributed by atoms with Crippen molar-refractivity contribution in [3.63, 3.8) is 0 Å². The fourth-order valence-electron chi connectivity index (χ4n) is 1.24. The molecule has 0 aliphatic carbocycles. The Hall–Kier alpha value is -0.840. The highest BCUT2D eigenvalue weighted by Crippen LogP contribution is 2.24. The fourth-order valence-corrected chi connectivity index (χ4v) is 2.16. The van der Waals surface area contributed by atoms with E-state index in [4.69, 9.17) is 11.6 Å². The van der Waals surface area contributed by atoms with Crippen LogP contribution < -0.4 is 0 Å². The van der Waals surface area contributed by atoms with Crippen molar-refractivity contribution in [2.75, 3.05) is 0 Å². The summed E-state index contributed by atoms with van der Waals surface area (Å²) in [6, 6.07) is 1.87. The number of thiophene rings is 1. The quantitative estimate of drug-likeness (QED) is 0.848. The fraction of sp³-hybridized carbons (Fsp3) is 0.222. The number of aromatic nitrogens is 2. The molecular weight excluding hydrogens is 220 g/mol. The van der Waals surface area contributed by atoms with Gasteiger partial charge in [-0.1, -0.05) is 11.6 Å². The first-order valence-electron chi connectivity index (χ1n) is 4.15. The number of hydrogen-bond donors (Lipinski definition) is 2. The van der Waals surface area contributed by atoms with E-state index in [1.807, 2.05) is 11.4 Å². The van der Waals surface area contributed by atoms with Crippen LogP contribution in [0.15, 0.2) is 23.8 Å². The molecule has 74 valence electrons. The van der Waals surface area contributed by atoms with Crippen LogP contribution in [0.1, 0.15) is 17.2 Å². The van der Waals surface area contributed by atoms with Crippen molar-refractivity contribution < 1.29 is 5.11 Å². The molecule has 2 heterocycles. The molecule has 0 spiro atoms. The molecule has 2 aromatic rings. The lowest BCUT2D eigenvalue weighted by molar-refractivity contribution is 0.178. The molecular formula is C9H9ClN2OS. The zero-order chi connectivity index (χ0) is 9.97. The highest BCUT2D eigenvalue weighted by atomic mass is 35.5. The van der Waals surface area contributed by atoms with Crippen molar-refractivity contribution in [1.82, 2.24) is 10.2 Å². The van der Waals surface area contributed by atoms with E-state index in [-0.39, 0.29) is 0 Å². The summed E-state index contributed by atoms with van der Waals surface area (Å²) in [7, 11) is 0. The Balaban J connectivity index is 2.05. The van der Waals surface area contributed by atoms with Crippen LogP contribution in [-0.4, -0.2) is 15.3 Å². The second kappa shape index (κ2) is 4.13. The van der Waals surface area contributed by atoms with Crippen molar-refractivity contribution in [2.24, 2.45) is 0 Å².